The van der Waals surface area contributed by atoms with Crippen LogP contribution in [0, 0.1) is 0 Å². The van der Waals surface area contributed by atoms with Gasteiger partial charge in [0.25, 0.3) is 0 Å². The topological polar surface area (TPSA) is 89.6 Å². The number of aliphatic carboxylic acids is 1. The van der Waals surface area contributed by atoms with Gasteiger partial charge in [-0.05, 0) is 29.3 Å². The summed E-state index contributed by atoms with van der Waals surface area (Å²) in [5, 5.41) is 8.75. The van der Waals surface area contributed by atoms with E-state index in [4.69, 9.17) is 15.6 Å². The maximum absolute atomic E-state index is 10.7. The highest BCUT2D eigenvalue weighted by molar-refractivity contribution is 5.90. The quantitative estimate of drug-likeness (QED) is 0.739. The number of rotatable bonds is 5. The molecule has 1 aromatic rings. The number of nitrogens with two attached hydrogens (primary N) is 1. The molecule has 0 aliphatic rings. The van der Waals surface area contributed by atoms with E-state index in [2.05, 4.69) is 0 Å². The van der Waals surface area contributed by atoms with E-state index in [1.54, 1.807) is 18.2 Å². The van der Waals surface area contributed by atoms with Crippen LogP contribution in [0.5, 0.6) is 5.75 Å². The van der Waals surface area contributed by atoms with Crippen LogP contribution in [0.15, 0.2) is 24.3 Å². The highest BCUT2D eigenvalue weighted by Gasteiger charge is 2.06. The molecule has 1 rings (SSSR count). The van der Waals surface area contributed by atoms with Crippen LogP contribution in [0.4, 0.5) is 0 Å². The van der Waals surface area contributed by atoms with Crippen LogP contribution in [0.25, 0.3) is 6.08 Å². The van der Waals surface area contributed by atoms with Gasteiger partial charge in [-0.3, -0.25) is 9.59 Å². The average molecular weight is 235 g/mol. The number of hydrogen-bond acceptors (Lipinski definition) is 3. The lowest BCUT2D eigenvalue weighted by Crippen LogP contribution is -2.06. The second-order valence-corrected chi connectivity index (χ2v) is 3.37. The first-order chi connectivity index (χ1) is 8.02. The van der Waals surface area contributed by atoms with E-state index < -0.39 is 11.9 Å². The van der Waals surface area contributed by atoms with Gasteiger partial charge in [-0.2, -0.15) is 0 Å². The third-order valence-electron chi connectivity index (χ3n) is 2.12. The smallest absolute Gasteiger partial charge is 0.307 e. The van der Waals surface area contributed by atoms with Crippen LogP contribution in [0.3, 0.4) is 0 Å². The van der Waals surface area contributed by atoms with E-state index >= 15 is 0 Å². The number of carboxylic acid groups (broad SMARTS) is 1. The molecule has 0 saturated heterocycles. The normalized spacial score (nSPS) is 10.4. The van der Waals surface area contributed by atoms with Crippen molar-refractivity contribution in [2.75, 3.05) is 7.11 Å². The van der Waals surface area contributed by atoms with Crippen LogP contribution in [-0.2, 0) is 16.0 Å². The second-order valence-electron chi connectivity index (χ2n) is 3.37. The summed E-state index contributed by atoms with van der Waals surface area (Å²) >= 11 is 0. The fourth-order valence-electron chi connectivity index (χ4n) is 1.35. The Hall–Kier alpha value is -2.30. The Morgan fingerprint density at radius 3 is 2.71 bits per heavy atom. The zero-order valence-corrected chi connectivity index (χ0v) is 9.34. The van der Waals surface area contributed by atoms with Crippen molar-refractivity contribution in [3.05, 3.63) is 35.4 Å². The molecule has 5 nitrogen and oxygen atoms in total. The Balaban J connectivity index is 3.10. The molecule has 17 heavy (non-hydrogen) atoms. The minimum Gasteiger partial charge on any atom is -0.497 e. The van der Waals surface area contributed by atoms with Gasteiger partial charge in [0, 0.05) is 6.08 Å². The standard InChI is InChI=1S/C12H13NO4/c1-17-10-4-2-9(7-12(15)16)8(6-10)3-5-11(13)14/h2-6H,7H2,1H3,(H2,13,14)(H,15,16). The number of methoxy groups -OCH3 is 1. The molecule has 0 saturated carbocycles. The summed E-state index contributed by atoms with van der Waals surface area (Å²) in [5.74, 6) is -0.943. The maximum Gasteiger partial charge on any atom is 0.307 e. The van der Waals surface area contributed by atoms with Crippen molar-refractivity contribution in [2.24, 2.45) is 5.73 Å². The lowest BCUT2D eigenvalue weighted by Gasteiger charge is -2.06. The molecule has 0 heterocycles. The Morgan fingerprint density at radius 2 is 2.18 bits per heavy atom. The summed E-state index contributed by atoms with van der Waals surface area (Å²) in [7, 11) is 1.51. The number of carbonyl (C=O) groups is 2. The molecule has 0 aliphatic carbocycles. The van der Waals surface area contributed by atoms with Gasteiger partial charge in [-0.15, -0.1) is 0 Å². The highest BCUT2D eigenvalue weighted by Crippen LogP contribution is 2.19. The fourth-order valence-corrected chi connectivity index (χ4v) is 1.35. The van der Waals surface area contributed by atoms with Gasteiger partial charge in [0.2, 0.25) is 5.91 Å². The molecule has 1 aromatic carbocycles. The molecule has 0 aliphatic heterocycles. The third-order valence-corrected chi connectivity index (χ3v) is 2.12. The van der Waals surface area contributed by atoms with Crippen molar-refractivity contribution < 1.29 is 19.4 Å². The van der Waals surface area contributed by atoms with Crippen LogP contribution in [0.1, 0.15) is 11.1 Å². The van der Waals surface area contributed by atoms with Crippen molar-refractivity contribution in [1.82, 2.24) is 0 Å². The van der Waals surface area contributed by atoms with E-state index in [9.17, 15) is 9.59 Å². The van der Waals surface area contributed by atoms with Gasteiger partial charge in [0.1, 0.15) is 5.75 Å². The zero-order chi connectivity index (χ0) is 12.8. The van der Waals surface area contributed by atoms with Gasteiger partial charge in [0.15, 0.2) is 0 Å². The Morgan fingerprint density at radius 1 is 1.47 bits per heavy atom. The van der Waals surface area contributed by atoms with Gasteiger partial charge in [-0.1, -0.05) is 6.07 Å². The largest absolute Gasteiger partial charge is 0.497 e. The van der Waals surface area contributed by atoms with Gasteiger partial charge < -0.3 is 15.6 Å². The number of carbonyl (C=O) groups excluding carboxylic acids is 1. The molecule has 0 aromatic heterocycles. The molecular formula is C12H13NO4. The molecule has 0 atom stereocenters. The van der Waals surface area contributed by atoms with Crippen LogP contribution >= 0.6 is 0 Å². The van der Waals surface area contributed by atoms with Crippen molar-refractivity contribution in [3.63, 3.8) is 0 Å². The monoisotopic (exact) mass is 235 g/mol. The summed E-state index contributed by atoms with van der Waals surface area (Å²) in [6.07, 6.45) is 2.53. The molecule has 0 fully saturated rings. The highest BCUT2D eigenvalue weighted by atomic mass is 16.5. The van der Waals surface area contributed by atoms with Crippen LogP contribution in [0.2, 0.25) is 0 Å². The molecule has 90 valence electrons. The van der Waals surface area contributed by atoms with Crippen LogP contribution in [-0.4, -0.2) is 24.1 Å². The Bertz CT molecular complexity index is 466. The third kappa shape index (κ3) is 3.98. The number of ether oxygens (including phenoxy) is 1. The zero-order valence-electron chi connectivity index (χ0n) is 9.34. The van der Waals surface area contributed by atoms with Gasteiger partial charge >= 0.3 is 5.97 Å². The van der Waals surface area contributed by atoms with Crippen LogP contribution < -0.4 is 10.5 Å². The predicted molar refractivity (Wildman–Crippen MR) is 62.6 cm³/mol. The molecule has 3 N–H and O–H groups in total. The van der Waals surface area contributed by atoms with Crippen molar-refractivity contribution in [1.29, 1.82) is 0 Å². The lowest BCUT2D eigenvalue weighted by molar-refractivity contribution is -0.136. The molecule has 0 spiro atoms. The van der Waals surface area contributed by atoms with E-state index in [-0.39, 0.29) is 6.42 Å². The first kappa shape index (κ1) is 12.8. The number of primary amides is 1. The number of amides is 1. The maximum atomic E-state index is 10.7. The summed E-state index contributed by atoms with van der Waals surface area (Å²) in [6, 6.07) is 4.96. The summed E-state index contributed by atoms with van der Waals surface area (Å²) < 4.78 is 5.02. The molecule has 0 unspecified atom stereocenters. The van der Waals surface area contributed by atoms with Gasteiger partial charge in [-0.25, -0.2) is 0 Å². The first-order valence-corrected chi connectivity index (χ1v) is 4.89. The van der Waals surface area contributed by atoms with E-state index in [0.717, 1.165) is 0 Å². The fraction of sp³-hybridized carbons (Fsp3) is 0.167. The lowest BCUT2D eigenvalue weighted by atomic mass is 10.0. The summed E-state index contributed by atoms with van der Waals surface area (Å²) in [5.41, 5.74) is 6.18. The summed E-state index contributed by atoms with van der Waals surface area (Å²) in [4.78, 5) is 21.3. The molecule has 0 bridgehead atoms. The summed E-state index contributed by atoms with van der Waals surface area (Å²) in [6.45, 7) is 0. The molecule has 1 amide bonds. The minimum atomic E-state index is -0.941. The number of carboxylic acids is 1. The van der Waals surface area contributed by atoms with E-state index in [1.807, 2.05) is 0 Å². The molecular weight excluding hydrogens is 222 g/mol. The first-order valence-electron chi connectivity index (χ1n) is 4.89. The minimum absolute atomic E-state index is 0.123. The number of hydrogen-bond donors (Lipinski definition) is 2. The van der Waals surface area contributed by atoms with Crippen molar-refractivity contribution in [2.45, 2.75) is 6.42 Å². The van der Waals surface area contributed by atoms with Gasteiger partial charge in [0.05, 0.1) is 13.5 Å². The van der Waals surface area contributed by atoms with Crippen molar-refractivity contribution in [3.8, 4) is 5.75 Å². The average Bonchev–Trinajstić information content (AvgIpc) is 2.27. The Kier molecular flexibility index (Phi) is 4.28. The van der Waals surface area contributed by atoms with E-state index in [0.29, 0.717) is 16.9 Å². The van der Waals surface area contributed by atoms with E-state index in [1.165, 1.54) is 19.3 Å². The second kappa shape index (κ2) is 5.69. The Labute approximate surface area is 98.5 Å². The number of benzene rings is 1. The molecule has 5 heteroatoms. The van der Waals surface area contributed by atoms with Crippen molar-refractivity contribution >= 4 is 18.0 Å². The predicted octanol–water partition coefficient (Wildman–Crippen LogP) is 0.821. The molecule has 0 radical (unpaired) electrons. The SMILES string of the molecule is COc1ccc(CC(=O)O)c(C=CC(N)=O)c1.